The number of methoxy groups -OCH3 is 1. The minimum Gasteiger partial charge on any atom is -0.394 e. The van der Waals surface area contributed by atoms with Crippen LogP contribution in [0.25, 0.3) is 22.3 Å². The molecule has 0 saturated carbocycles. The molecular weight excluding hydrogens is 785 g/mol. The third-order valence-electron chi connectivity index (χ3n) is 7.36. The second kappa shape index (κ2) is 15.7. The van der Waals surface area contributed by atoms with E-state index < -0.39 is 97.9 Å². The lowest BCUT2D eigenvalue weighted by atomic mass is 10.1. The quantitative estimate of drug-likeness (QED) is 0.0363. The normalized spacial score (nSPS) is 23.8. The van der Waals surface area contributed by atoms with Crippen molar-refractivity contribution >= 4 is 57.7 Å². The zero-order chi connectivity index (χ0) is 39.0. The average Bonchev–Trinajstić information content (AvgIpc) is 3.71. The second-order valence-electron chi connectivity index (χ2n) is 11.0. The molecule has 5 rings (SSSR count). The number of imidazole rings is 2. The smallest absolute Gasteiger partial charge is 0.394 e. The molecule has 31 heteroatoms. The number of fused-ring (bicyclic) bond motifs is 2. The second-order valence-corrected chi connectivity index (χ2v) is 15.7. The summed E-state index contributed by atoms with van der Waals surface area (Å²) < 4.78 is 75.1. The molecule has 28 nitrogen and oxygen atoms in total. The summed E-state index contributed by atoms with van der Waals surface area (Å²) in [5, 5.41) is 30.4. The van der Waals surface area contributed by atoms with Crippen molar-refractivity contribution in [2.75, 3.05) is 45.0 Å². The van der Waals surface area contributed by atoms with Gasteiger partial charge in [-0.25, -0.2) is 23.2 Å². The van der Waals surface area contributed by atoms with Gasteiger partial charge in [-0.15, -0.1) is 0 Å². The van der Waals surface area contributed by atoms with E-state index in [2.05, 4.69) is 42.6 Å². The largest absolute Gasteiger partial charge is 0.490 e. The van der Waals surface area contributed by atoms with Gasteiger partial charge in [0.25, 0.3) is 16.7 Å². The number of nitrogens with two attached hydrogens (primary N) is 2. The number of H-pyrrole nitrogens is 2. The summed E-state index contributed by atoms with van der Waals surface area (Å²) in [6.07, 6.45) is -6.06. The molecule has 4 aromatic heterocycles. The Balaban J connectivity index is 1.18. The molecule has 0 amide bonds. The molecule has 1 saturated heterocycles. The van der Waals surface area contributed by atoms with E-state index in [1.807, 2.05) is 0 Å². The topological polar surface area (TPSA) is 407 Å². The average molecular weight is 819 g/mol. The molecular formula is C22H34N10O18P3+. The molecule has 1 aliphatic heterocycles. The van der Waals surface area contributed by atoms with Gasteiger partial charge in [0.1, 0.15) is 31.0 Å². The molecule has 3 unspecified atom stereocenters. The van der Waals surface area contributed by atoms with E-state index in [0.29, 0.717) is 0 Å². The maximum Gasteiger partial charge on any atom is 0.490 e. The maximum atomic E-state index is 12.6. The Hall–Kier alpha value is -3.53. The molecule has 9 atom stereocenters. The van der Waals surface area contributed by atoms with E-state index >= 15 is 0 Å². The predicted octanol–water partition coefficient (Wildman–Crippen LogP) is -3.64. The summed E-state index contributed by atoms with van der Waals surface area (Å²) >= 11 is 0. The number of phosphoric ester groups is 2. The molecule has 1 fully saturated rings. The Kier molecular flexibility index (Phi) is 12.0. The van der Waals surface area contributed by atoms with Gasteiger partial charge >= 0.3 is 29.0 Å². The minimum atomic E-state index is -5.97. The molecule has 1 aliphatic rings. The number of nitrogen functional groups attached to an aromatic ring is 2. The SMILES string of the molecule is CO[C@@H]1[C@H](O)[C@@H](COP(=O)(O)OP(=O)(O)OP(=O)(O)OC[C@H](CO)O[C@H](CO)n2c[n+](C)c3c(=O)[nH]c(N)nc32)O[C@H]1n1cnc2c(=O)[nH]c(N)nc21. The van der Waals surface area contributed by atoms with Crippen LogP contribution in [0.1, 0.15) is 12.5 Å². The number of aromatic amines is 2. The van der Waals surface area contributed by atoms with Crippen LogP contribution < -0.4 is 27.2 Å². The van der Waals surface area contributed by atoms with Crippen molar-refractivity contribution in [3.05, 3.63) is 33.4 Å². The lowest BCUT2D eigenvalue weighted by Gasteiger charge is -2.22. The Morgan fingerprint density at radius 3 is 2.23 bits per heavy atom. The number of rotatable bonds is 17. The fourth-order valence-electron chi connectivity index (χ4n) is 5.17. The first kappa shape index (κ1) is 40.7. The number of aromatic nitrogens is 8. The van der Waals surface area contributed by atoms with Crippen molar-refractivity contribution < 1.29 is 80.1 Å². The standard InChI is InChI=1S/C22H33N10O18P3/c1-30-8-32(17-13(30)19(37)29-22(24)27-17)11(4-34)47-9(3-33)5-45-51(38,39)49-53(42,43)50-52(40,41)46-6-10-14(35)15(44-2)20(48-10)31-7-25-12-16(31)26-21(23)28-18(12)36/h7-11,14-15,20,33-35H,3-6H2,1-2H3,(H8-,23,24,26,27,28,29,36,37,38,39,40,41,42,43)/p+1/t9-,10+,11+,14+,15+,20+/m0/s1. The summed E-state index contributed by atoms with van der Waals surface area (Å²) in [5.74, 6) is -0.533. The lowest BCUT2D eigenvalue weighted by Crippen LogP contribution is -2.35. The zero-order valence-electron chi connectivity index (χ0n) is 27.2. The zero-order valence-corrected chi connectivity index (χ0v) is 29.9. The van der Waals surface area contributed by atoms with Gasteiger partial charge in [-0.2, -0.15) is 23.2 Å². The highest BCUT2D eigenvalue weighted by Gasteiger charge is 2.48. The number of aryl methyl sites for hydroxylation is 1. The third-order valence-corrected chi connectivity index (χ3v) is 11.6. The van der Waals surface area contributed by atoms with E-state index in [1.165, 1.54) is 29.6 Å². The van der Waals surface area contributed by atoms with Crippen molar-refractivity contribution in [3.63, 3.8) is 0 Å². The Labute approximate surface area is 294 Å². The molecule has 12 N–H and O–H groups in total. The van der Waals surface area contributed by atoms with Crippen LogP contribution >= 0.6 is 23.5 Å². The van der Waals surface area contributed by atoms with Crippen LogP contribution in [0.2, 0.25) is 0 Å². The summed E-state index contributed by atoms with van der Waals surface area (Å²) in [7, 11) is -14.6. The van der Waals surface area contributed by atoms with Gasteiger partial charge in [-0.05, 0) is 0 Å². The highest BCUT2D eigenvalue weighted by atomic mass is 31.3. The Morgan fingerprint density at radius 2 is 1.60 bits per heavy atom. The van der Waals surface area contributed by atoms with Gasteiger partial charge in [0.05, 0.1) is 33.2 Å². The van der Waals surface area contributed by atoms with Crippen molar-refractivity contribution in [1.82, 2.24) is 34.1 Å². The maximum absolute atomic E-state index is 12.6. The number of anilines is 2. The van der Waals surface area contributed by atoms with Crippen LogP contribution in [0.15, 0.2) is 22.2 Å². The fourth-order valence-corrected chi connectivity index (χ4v) is 8.71. The number of hydrogen-bond acceptors (Lipinski definition) is 20. The first-order chi connectivity index (χ1) is 24.8. The van der Waals surface area contributed by atoms with Crippen molar-refractivity contribution in [1.29, 1.82) is 0 Å². The molecule has 0 aromatic carbocycles. The molecule has 0 radical (unpaired) electrons. The van der Waals surface area contributed by atoms with Crippen molar-refractivity contribution in [2.24, 2.45) is 7.05 Å². The molecule has 53 heavy (non-hydrogen) atoms. The third kappa shape index (κ3) is 9.06. The number of phosphoric acid groups is 3. The lowest BCUT2D eigenvalue weighted by molar-refractivity contribution is -0.646. The first-order valence-corrected chi connectivity index (χ1v) is 19.2. The first-order valence-electron chi connectivity index (χ1n) is 14.7. The molecule has 4 aromatic rings. The van der Waals surface area contributed by atoms with E-state index in [-0.39, 0.29) is 34.2 Å². The van der Waals surface area contributed by atoms with E-state index in [9.17, 15) is 53.3 Å². The van der Waals surface area contributed by atoms with Crippen LogP contribution in [0.3, 0.4) is 0 Å². The number of ether oxygens (including phenoxy) is 3. The van der Waals surface area contributed by atoms with Gasteiger partial charge in [0.2, 0.25) is 24.5 Å². The Bertz CT molecular complexity index is 2230. The van der Waals surface area contributed by atoms with Crippen LogP contribution in [0.4, 0.5) is 11.9 Å². The van der Waals surface area contributed by atoms with Gasteiger partial charge in [0, 0.05) is 7.11 Å². The molecule has 294 valence electrons. The van der Waals surface area contributed by atoms with Crippen LogP contribution in [0, 0.1) is 0 Å². The van der Waals surface area contributed by atoms with Gasteiger partial charge < -0.3 is 55.7 Å². The summed E-state index contributed by atoms with van der Waals surface area (Å²) in [4.78, 5) is 71.0. The number of aliphatic hydroxyl groups excluding tert-OH is 3. The van der Waals surface area contributed by atoms with Gasteiger partial charge in [0.15, 0.2) is 17.4 Å². The number of aliphatic hydroxyl groups is 3. The van der Waals surface area contributed by atoms with Crippen molar-refractivity contribution in [3.8, 4) is 0 Å². The van der Waals surface area contributed by atoms with E-state index in [0.717, 1.165) is 10.9 Å². The molecule has 5 heterocycles. The van der Waals surface area contributed by atoms with Crippen LogP contribution in [-0.4, -0.2) is 122 Å². The van der Waals surface area contributed by atoms with Crippen LogP contribution in [-0.2, 0) is 52.6 Å². The molecule has 0 aliphatic carbocycles. The fraction of sp³-hybridized carbons (Fsp3) is 0.545. The Morgan fingerprint density at radius 1 is 0.981 bits per heavy atom. The van der Waals surface area contributed by atoms with Gasteiger partial charge in [-0.1, -0.05) is 0 Å². The van der Waals surface area contributed by atoms with Gasteiger partial charge in [-0.3, -0.25) is 33.2 Å². The minimum absolute atomic E-state index is 0.0241. The summed E-state index contributed by atoms with van der Waals surface area (Å²) in [5.41, 5.74) is 9.68. The highest BCUT2D eigenvalue weighted by Crippen LogP contribution is 2.67. The summed E-state index contributed by atoms with van der Waals surface area (Å²) in [6, 6.07) is 0. The van der Waals surface area contributed by atoms with E-state index in [4.69, 9.17) is 25.7 Å². The number of hydrogen-bond donors (Lipinski definition) is 10. The monoisotopic (exact) mass is 819 g/mol. The number of nitrogens with one attached hydrogen (secondary N) is 2. The summed E-state index contributed by atoms with van der Waals surface area (Å²) in [6.45, 7) is -3.77. The van der Waals surface area contributed by atoms with Crippen molar-refractivity contribution in [2.45, 2.75) is 36.9 Å². The molecule has 0 bridgehead atoms. The predicted molar refractivity (Wildman–Crippen MR) is 171 cm³/mol. The van der Waals surface area contributed by atoms with Crippen LogP contribution in [0.5, 0.6) is 0 Å². The highest BCUT2D eigenvalue weighted by molar-refractivity contribution is 7.66. The number of nitrogens with zero attached hydrogens (tertiary/aromatic N) is 6. The van der Waals surface area contributed by atoms with E-state index in [1.54, 1.807) is 0 Å². The molecule has 0 spiro atoms.